The van der Waals surface area contributed by atoms with Crippen LogP contribution in [0.4, 0.5) is 0 Å². The highest BCUT2D eigenvalue weighted by molar-refractivity contribution is 7.98. The number of nitrogens with zero attached hydrogens (tertiary/aromatic N) is 2. The van der Waals surface area contributed by atoms with Crippen LogP contribution in [0, 0.1) is 0 Å². The van der Waals surface area contributed by atoms with Crippen LogP contribution in [-0.4, -0.2) is 27.4 Å². The average Bonchev–Trinajstić information content (AvgIpc) is 2.92. The lowest BCUT2D eigenvalue weighted by molar-refractivity contribution is 0.112. The molecule has 0 spiro atoms. The van der Waals surface area contributed by atoms with Gasteiger partial charge >= 0.3 is 0 Å². The highest BCUT2D eigenvalue weighted by atomic mass is 32.2. The van der Waals surface area contributed by atoms with Crippen molar-refractivity contribution in [3.05, 3.63) is 60.2 Å². The normalized spacial score (nSPS) is 10.6. The van der Waals surface area contributed by atoms with Gasteiger partial charge in [-0.05, 0) is 30.5 Å². The summed E-state index contributed by atoms with van der Waals surface area (Å²) >= 11 is 1.64. The molecule has 0 radical (unpaired) electrons. The first kappa shape index (κ1) is 14.4. The van der Waals surface area contributed by atoms with Crippen molar-refractivity contribution in [1.82, 2.24) is 9.78 Å². The van der Waals surface area contributed by atoms with E-state index in [-0.39, 0.29) is 11.4 Å². The first-order valence-electron chi connectivity index (χ1n) is 6.71. The van der Waals surface area contributed by atoms with Crippen molar-refractivity contribution in [2.45, 2.75) is 4.90 Å². The number of carbonyl (C=O) groups is 1. The number of thioether (sulfide) groups is 1. The number of benzene rings is 2. The maximum absolute atomic E-state index is 11.4. The minimum atomic E-state index is -0.148. The van der Waals surface area contributed by atoms with Gasteiger partial charge in [0.05, 0.1) is 5.69 Å². The largest absolute Gasteiger partial charge is 0.493 e. The summed E-state index contributed by atoms with van der Waals surface area (Å²) in [5.41, 5.74) is 2.17. The molecule has 3 rings (SSSR count). The first-order chi connectivity index (χ1) is 10.7. The quantitative estimate of drug-likeness (QED) is 0.588. The van der Waals surface area contributed by atoms with Gasteiger partial charge in [-0.1, -0.05) is 30.3 Å². The molecule has 110 valence electrons. The zero-order valence-electron chi connectivity index (χ0n) is 11.9. The van der Waals surface area contributed by atoms with E-state index in [1.165, 1.54) is 4.68 Å². The third-order valence-electron chi connectivity index (χ3n) is 3.38. The van der Waals surface area contributed by atoms with Crippen LogP contribution in [0.15, 0.2) is 59.5 Å². The van der Waals surface area contributed by atoms with Crippen molar-refractivity contribution in [3.63, 3.8) is 0 Å². The summed E-state index contributed by atoms with van der Waals surface area (Å²) in [5.74, 6) is -0.148. The van der Waals surface area contributed by atoms with Crippen molar-refractivity contribution in [2.75, 3.05) is 6.26 Å². The number of hydrogen-bond acceptors (Lipinski definition) is 4. The second-order valence-electron chi connectivity index (χ2n) is 4.68. The van der Waals surface area contributed by atoms with Crippen LogP contribution in [0.3, 0.4) is 0 Å². The monoisotopic (exact) mass is 310 g/mol. The topological polar surface area (TPSA) is 55.1 Å². The van der Waals surface area contributed by atoms with Gasteiger partial charge in [0.2, 0.25) is 5.88 Å². The minimum Gasteiger partial charge on any atom is -0.493 e. The summed E-state index contributed by atoms with van der Waals surface area (Å²) in [6.45, 7) is 0. The van der Waals surface area contributed by atoms with Crippen molar-refractivity contribution >= 4 is 18.0 Å². The summed E-state index contributed by atoms with van der Waals surface area (Å²) in [5, 5.41) is 14.7. The Kier molecular flexibility index (Phi) is 3.98. The maximum atomic E-state index is 11.4. The van der Waals surface area contributed by atoms with Gasteiger partial charge in [0.1, 0.15) is 11.3 Å². The third-order valence-corrected chi connectivity index (χ3v) is 4.12. The molecular weight excluding hydrogens is 296 g/mol. The van der Waals surface area contributed by atoms with E-state index in [4.69, 9.17) is 0 Å². The predicted octanol–water partition coefficient (Wildman–Crippen LogP) is 3.78. The Morgan fingerprint density at radius 2 is 1.77 bits per heavy atom. The second-order valence-corrected chi connectivity index (χ2v) is 5.56. The number of aldehydes is 1. The predicted molar refractivity (Wildman–Crippen MR) is 87.8 cm³/mol. The summed E-state index contributed by atoms with van der Waals surface area (Å²) < 4.78 is 1.38. The molecular formula is C17H14N2O2S. The van der Waals surface area contributed by atoms with Crippen LogP contribution in [0.5, 0.6) is 5.88 Å². The van der Waals surface area contributed by atoms with Gasteiger partial charge < -0.3 is 5.11 Å². The molecule has 0 atom stereocenters. The number of aromatic nitrogens is 2. The standard InChI is InChI=1S/C17H14N2O2S/c1-22-14-9-7-12(8-10-14)16-15(11-20)17(21)19(18-16)13-5-3-2-4-6-13/h2-11,21H,1H3. The average molecular weight is 310 g/mol. The fourth-order valence-corrected chi connectivity index (χ4v) is 2.65. The Hall–Kier alpha value is -2.53. The number of para-hydroxylation sites is 1. The zero-order chi connectivity index (χ0) is 15.5. The fourth-order valence-electron chi connectivity index (χ4n) is 2.24. The molecule has 1 aromatic heterocycles. The molecule has 22 heavy (non-hydrogen) atoms. The first-order valence-corrected chi connectivity index (χ1v) is 7.94. The van der Waals surface area contributed by atoms with Gasteiger partial charge in [-0.15, -0.1) is 11.8 Å². The molecule has 0 aliphatic heterocycles. The van der Waals surface area contributed by atoms with E-state index in [0.29, 0.717) is 17.7 Å². The van der Waals surface area contributed by atoms with Gasteiger partial charge in [-0.2, -0.15) is 9.78 Å². The Bertz CT molecular complexity index is 796. The van der Waals surface area contributed by atoms with E-state index in [1.54, 1.807) is 11.8 Å². The number of rotatable bonds is 4. The van der Waals surface area contributed by atoms with Gasteiger partial charge in [-0.3, -0.25) is 4.79 Å². The van der Waals surface area contributed by atoms with Crippen LogP contribution in [0.2, 0.25) is 0 Å². The van der Waals surface area contributed by atoms with Gasteiger partial charge in [0, 0.05) is 10.5 Å². The summed E-state index contributed by atoms with van der Waals surface area (Å²) in [6.07, 6.45) is 2.64. The summed E-state index contributed by atoms with van der Waals surface area (Å²) in [7, 11) is 0. The Balaban J connectivity index is 2.13. The lowest BCUT2D eigenvalue weighted by atomic mass is 10.1. The van der Waals surface area contributed by atoms with Crippen molar-refractivity contribution in [1.29, 1.82) is 0 Å². The highest BCUT2D eigenvalue weighted by Crippen LogP contribution is 2.31. The molecule has 0 fully saturated rings. The van der Waals surface area contributed by atoms with Crippen molar-refractivity contribution < 1.29 is 9.90 Å². The van der Waals surface area contributed by atoms with Crippen LogP contribution >= 0.6 is 11.8 Å². The lowest BCUT2D eigenvalue weighted by Gasteiger charge is -2.01. The molecule has 5 heteroatoms. The molecule has 0 saturated carbocycles. The molecule has 1 N–H and O–H groups in total. The number of aromatic hydroxyl groups is 1. The molecule has 1 heterocycles. The maximum Gasteiger partial charge on any atom is 0.225 e. The van der Waals surface area contributed by atoms with E-state index in [9.17, 15) is 9.90 Å². The van der Waals surface area contributed by atoms with Gasteiger partial charge in [-0.25, -0.2) is 0 Å². The molecule has 0 amide bonds. The molecule has 3 aromatic rings. The Morgan fingerprint density at radius 1 is 1.09 bits per heavy atom. The Morgan fingerprint density at radius 3 is 2.36 bits per heavy atom. The summed E-state index contributed by atoms with van der Waals surface area (Å²) in [4.78, 5) is 12.5. The van der Waals surface area contributed by atoms with Gasteiger partial charge in [0.15, 0.2) is 6.29 Å². The molecule has 4 nitrogen and oxygen atoms in total. The van der Waals surface area contributed by atoms with E-state index in [2.05, 4.69) is 5.10 Å². The van der Waals surface area contributed by atoms with Gasteiger partial charge in [0.25, 0.3) is 0 Å². The van der Waals surface area contributed by atoms with E-state index < -0.39 is 0 Å². The minimum absolute atomic E-state index is 0.148. The SMILES string of the molecule is CSc1ccc(-c2nn(-c3ccccc3)c(O)c2C=O)cc1. The van der Waals surface area contributed by atoms with E-state index >= 15 is 0 Å². The Labute approximate surface area is 132 Å². The van der Waals surface area contributed by atoms with E-state index in [0.717, 1.165) is 10.5 Å². The third kappa shape index (κ3) is 2.51. The molecule has 0 aliphatic rings. The van der Waals surface area contributed by atoms with Crippen LogP contribution < -0.4 is 0 Å². The highest BCUT2D eigenvalue weighted by Gasteiger charge is 2.19. The molecule has 2 aromatic carbocycles. The van der Waals surface area contributed by atoms with Crippen LogP contribution in [-0.2, 0) is 0 Å². The molecule has 0 bridgehead atoms. The lowest BCUT2D eigenvalue weighted by Crippen LogP contribution is -1.95. The van der Waals surface area contributed by atoms with Crippen molar-refractivity contribution in [2.24, 2.45) is 0 Å². The fraction of sp³-hybridized carbons (Fsp3) is 0.0588. The van der Waals surface area contributed by atoms with Crippen LogP contribution in [0.1, 0.15) is 10.4 Å². The molecule has 0 aliphatic carbocycles. The van der Waals surface area contributed by atoms with E-state index in [1.807, 2.05) is 60.9 Å². The molecule has 0 saturated heterocycles. The zero-order valence-corrected chi connectivity index (χ0v) is 12.7. The summed E-state index contributed by atoms with van der Waals surface area (Å²) in [6, 6.07) is 17.0. The van der Waals surface area contributed by atoms with Crippen molar-refractivity contribution in [3.8, 4) is 22.8 Å². The molecule has 0 unspecified atom stereocenters. The number of hydrogen-bond donors (Lipinski definition) is 1. The number of carbonyl (C=O) groups excluding carboxylic acids is 1. The second kappa shape index (κ2) is 6.07. The van der Waals surface area contributed by atoms with Crippen LogP contribution in [0.25, 0.3) is 16.9 Å². The smallest absolute Gasteiger partial charge is 0.225 e.